The smallest absolute Gasteiger partial charge is 0.241 e. The van der Waals surface area contributed by atoms with Gasteiger partial charge in [0.05, 0.1) is 11.5 Å². The van der Waals surface area contributed by atoms with Crippen molar-refractivity contribution in [2.75, 3.05) is 18.6 Å². The maximum absolute atomic E-state index is 12.2. The highest BCUT2D eigenvalue weighted by Crippen LogP contribution is 2.25. The van der Waals surface area contributed by atoms with E-state index in [2.05, 4.69) is 20.7 Å². The third-order valence-corrected chi connectivity index (χ3v) is 6.33. The Kier molecular flexibility index (Phi) is 6.13. The van der Waals surface area contributed by atoms with E-state index in [1.165, 1.54) is 30.0 Å². The fraction of sp³-hybridized carbons (Fsp3) is 0.455. The predicted molar refractivity (Wildman–Crippen MR) is 82.7 cm³/mol. The number of sulfonamides is 1. The van der Waals surface area contributed by atoms with E-state index in [1.807, 2.05) is 6.26 Å². The third-order valence-electron chi connectivity index (χ3n) is 2.63. The van der Waals surface area contributed by atoms with Gasteiger partial charge in [-0.1, -0.05) is 0 Å². The number of aliphatic hydroxyl groups excluding tert-OH is 1. The van der Waals surface area contributed by atoms with Crippen molar-refractivity contribution in [2.45, 2.75) is 23.1 Å². The summed E-state index contributed by atoms with van der Waals surface area (Å²) in [7, 11) is -3.65. The summed E-state index contributed by atoms with van der Waals surface area (Å²) in [5, 5.41) is 8.98. The van der Waals surface area contributed by atoms with Gasteiger partial charge in [0.15, 0.2) is 0 Å². The number of nitrogen functional groups attached to an aromatic ring is 1. The van der Waals surface area contributed by atoms with Crippen molar-refractivity contribution >= 4 is 43.4 Å². The molecule has 0 aromatic heterocycles. The Balaban J connectivity index is 2.98. The van der Waals surface area contributed by atoms with E-state index in [4.69, 9.17) is 5.73 Å². The number of hydrogen-bond donors (Lipinski definition) is 3. The average molecular weight is 369 g/mol. The summed E-state index contributed by atoms with van der Waals surface area (Å²) >= 11 is 4.60. The molecule has 0 amide bonds. The van der Waals surface area contributed by atoms with Crippen molar-refractivity contribution in [3.05, 3.63) is 22.7 Å². The molecule has 0 aliphatic heterocycles. The van der Waals surface area contributed by atoms with Crippen LogP contribution in [0.4, 0.5) is 5.69 Å². The van der Waals surface area contributed by atoms with E-state index in [0.29, 0.717) is 10.2 Å². The quantitative estimate of drug-likeness (QED) is 0.660. The van der Waals surface area contributed by atoms with E-state index in [1.54, 1.807) is 6.92 Å². The molecule has 108 valence electrons. The van der Waals surface area contributed by atoms with Crippen LogP contribution in [-0.4, -0.2) is 37.7 Å². The molecule has 2 atom stereocenters. The van der Waals surface area contributed by atoms with E-state index >= 15 is 0 Å². The number of nitrogens with two attached hydrogens (primary N) is 1. The topological polar surface area (TPSA) is 92.4 Å². The van der Waals surface area contributed by atoms with Crippen LogP contribution >= 0.6 is 27.7 Å². The summed E-state index contributed by atoms with van der Waals surface area (Å²) in [6, 6.07) is 4.13. The van der Waals surface area contributed by atoms with Crippen LogP contribution in [0.2, 0.25) is 0 Å². The maximum atomic E-state index is 12.2. The molecular weight excluding hydrogens is 352 g/mol. The molecule has 1 aromatic rings. The summed E-state index contributed by atoms with van der Waals surface area (Å²) < 4.78 is 27.4. The zero-order valence-electron chi connectivity index (χ0n) is 10.6. The molecule has 0 radical (unpaired) electrons. The zero-order chi connectivity index (χ0) is 14.6. The Hall–Kier alpha value is -0.280. The Morgan fingerprint density at radius 3 is 2.63 bits per heavy atom. The number of nitrogens with one attached hydrogen (secondary N) is 1. The van der Waals surface area contributed by atoms with Gasteiger partial charge >= 0.3 is 0 Å². The van der Waals surface area contributed by atoms with Gasteiger partial charge < -0.3 is 10.8 Å². The molecule has 0 fully saturated rings. The number of halogens is 1. The summed E-state index contributed by atoms with van der Waals surface area (Å²) in [5.74, 6) is 0. The van der Waals surface area contributed by atoms with Crippen molar-refractivity contribution in [1.82, 2.24) is 4.72 Å². The van der Waals surface area contributed by atoms with Gasteiger partial charge in [-0.15, -0.1) is 0 Å². The first-order valence-electron chi connectivity index (χ1n) is 5.53. The molecule has 0 bridgehead atoms. The van der Waals surface area contributed by atoms with Crippen LogP contribution in [0.1, 0.15) is 6.92 Å². The highest BCUT2D eigenvalue weighted by atomic mass is 79.9. The van der Waals surface area contributed by atoms with Gasteiger partial charge in [0, 0.05) is 21.5 Å². The minimum absolute atomic E-state index is 0.0895. The minimum atomic E-state index is -3.65. The van der Waals surface area contributed by atoms with E-state index in [-0.39, 0.29) is 22.8 Å². The van der Waals surface area contributed by atoms with Gasteiger partial charge in [0.2, 0.25) is 10.0 Å². The molecule has 0 aliphatic carbocycles. The molecule has 8 heteroatoms. The molecule has 0 aliphatic rings. The van der Waals surface area contributed by atoms with Gasteiger partial charge in [0.1, 0.15) is 0 Å². The largest absolute Gasteiger partial charge is 0.399 e. The molecular formula is C11H17BrN2O3S2. The molecule has 1 aromatic carbocycles. The predicted octanol–water partition coefficient (Wildman–Crippen LogP) is 1.42. The van der Waals surface area contributed by atoms with Crippen molar-refractivity contribution in [2.24, 2.45) is 0 Å². The SMILES string of the molecule is CSC(CO)C(C)NS(=O)(=O)c1ccc(N)cc1Br. The minimum Gasteiger partial charge on any atom is -0.399 e. The lowest BCUT2D eigenvalue weighted by atomic mass is 10.3. The maximum Gasteiger partial charge on any atom is 0.241 e. The number of aliphatic hydroxyl groups is 1. The summed E-state index contributed by atoms with van der Waals surface area (Å²) in [5.41, 5.74) is 6.06. The third kappa shape index (κ3) is 4.35. The van der Waals surface area contributed by atoms with Crippen molar-refractivity contribution in [1.29, 1.82) is 0 Å². The molecule has 0 saturated heterocycles. The lowest BCUT2D eigenvalue weighted by molar-refractivity contribution is 0.282. The van der Waals surface area contributed by atoms with Gasteiger partial charge in [-0.2, -0.15) is 11.8 Å². The average Bonchev–Trinajstić information content (AvgIpc) is 2.29. The van der Waals surface area contributed by atoms with Crippen LogP contribution in [0.25, 0.3) is 0 Å². The van der Waals surface area contributed by atoms with Crippen LogP contribution in [-0.2, 0) is 10.0 Å². The second kappa shape index (κ2) is 6.94. The number of rotatable bonds is 6. The van der Waals surface area contributed by atoms with Gasteiger partial charge in [-0.3, -0.25) is 0 Å². The first-order valence-corrected chi connectivity index (χ1v) is 9.09. The molecule has 0 heterocycles. The second-order valence-electron chi connectivity index (χ2n) is 4.06. The fourth-order valence-corrected chi connectivity index (χ4v) is 4.65. The number of hydrogen-bond acceptors (Lipinski definition) is 5. The Bertz CT molecular complexity index is 533. The standard InChI is InChI=1S/C11H17BrN2O3S2/c1-7(10(6-15)18-2)14-19(16,17)11-4-3-8(13)5-9(11)12/h3-5,7,10,14-15H,6,13H2,1-2H3. The first-order chi connectivity index (χ1) is 8.81. The molecule has 0 saturated carbocycles. The number of thioether (sulfide) groups is 1. The zero-order valence-corrected chi connectivity index (χ0v) is 13.8. The fourth-order valence-electron chi connectivity index (χ4n) is 1.56. The van der Waals surface area contributed by atoms with Gasteiger partial charge in [-0.05, 0) is 47.3 Å². The van der Waals surface area contributed by atoms with Crippen molar-refractivity contribution in [3.8, 4) is 0 Å². The van der Waals surface area contributed by atoms with Crippen LogP contribution in [0.15, 0.2) is 27.6 Å². The molecule has 0 spiro atoms. The van der Waals surface area contributed by atoms with Gasteiger partial charge in [-0.25, -0.2) is 13.1 Å². The summed E-state index contributed by atoms with van der Waals surface area (Å²) in [4.78, 5) is 0.131. The monoisotopic (exact) mass is 368 g/mol. The van der Waals surface area contributed by atoms with Crippen LogP contribution < -0.4 is 10.5 Å². The highest BCUT2D eigenvalue weighted by Gasteiger charge is 2.24. The second-order valence-corrected chi connectivity index (χ2v) is 7.67. The highest BCUT2D eigenvalue weighted by molar-refractivity contribution is 9.10. The lowest BCUT2D eigenvalue weighted by Gasteiger charge is -2.21. The van der Waals surface area contributed by atoms with E-state index in [9.17, 15) is 13.5 Å². The van der Waals surface area contributed by atoms with E-state index < -0.39 is 10.0 Å². The summed E-state index contributed by atoms with van der Waals surface area (Å²) in [6.45, 7) is 1.63. The molecule has 1 rings (SSSR count). The Morgan fingerprint density at radius 1 is 1.53 bits per heavy atom. The van der Waals surface area contributed by atoms with Crippen LogP contribution in [0, 0.1) is 0 Å². The van der Waals surface area contributed by atoms with E-state index in [0.717, 1.165) is 0 Å². The van der Waals surface area contributed by atoms with Gasteiger partial charge in [0.25, 0.3) is 0 Å². The van der Waals surface area contributed by atoms with Crippen molar-refractivity contribution in [3.63, 3.8) is 0 Å². The number of anilines is 1. The van der Waals surface area contributed by atoms with Crippen LogP contribution in [0.3, 0.4) is 0 Å². The lowest BCUT2D eigenvalue weighted by Crippen LogP contribution is -2.41. The first kappa shape index (κ1) is 16.8. The molecule has 4 N–H and O–H groups in total. The van der Waals surface area contributed by atoms with Crippen molar-refractivity contribution < 1.29 is 13.5 Å². The number of benzene rings is 1. The Morgan fingerprint density at radius 2 is 2.16 bits per heavy atom. The molecule has 5 nitrogen and oxygen atoms in total. The molecule has 19 heavy (non-hydrogen) atoms. The summed E-state index contributed by atoms with van der Waals surface area (Å²) in [6.07, 6.45) is 1.82. The molecule has 2 unspecified atom stereocenters. The Labute approximate surface area is 126 Å². The normalized spacial score (nSPS) is 15.2. The van der Waals surface area contributed by atoms with Crippen LogP contribution in [0.5, 0.6) is 0 Å².